The fourth-order valence-electron chi connectivity index (χ4n) is 1.36. The first-order chi connectivity index (χ1) is 7.06. The van der Waals surface area contributed by atoms with E-state index in [1.54, 1.807) is 18.2 Å². The van der Waals surface area contributed by atoms with Gasteiger partial charge < -0.3 is 10.5 Å². The van der Waals surface area contributed by atoms with Crippen LogP contribution in [0.3, 0.4) is 0 Å². The lowest BCUT2D eigenvalue weighted by Crippen LogP contribution is -2.29. The monoisotopic (exact) mass is 211 g/mol. The summed E-state index contributed by atoms with van der Waals surface area (Å²) in [6.45, 7) is 4.06. The maximum absolute atomic E-state index is 13.7. The number of rotatable bonds is 4. The highest BCUT2D eigenvalue weighted by molar-refractivity contribution is 5.31. The molecule has 0 amide bonds. The van der Waals surface area contributed by atoms with Crippen LogP contribution in [-0.4, -0.2) is 13.2 Å². The fourth-order valence-corrected chi connectivity index (χ4v) is 1.36. The van der Waals surface area contributed by atoms with E-state index >= 15 is 0 Å². The summed E-state index contributed by atoms with van der Waals surface area (Å²) in [6, 6.07) is 5.12. The van der Waals surface area contributed by atoms with Crippen LogP contribution in [0.1, 0.15) is 19.4 Å². The molecule has 0 fully saturated rings. The molecule has 3 heteroatoms. The summed E-state index contributed by atoms with van der Waals surface area (Å²) in [5, 5.41) is 0. The molecule has 1 aromatic rings. The van der Waals surface area contributed by atoms with Gasteiger partial charge in [0.05, 0.1) is 7.11 Å². The molecular weight excluding hydrogens is 193 g/mol. The van der Waals surface area contributed by atoms with E-state index < -0.39 is 0 Å². The Balaban J connectivity index is 2.86. The largest absolute Gasteiger partial charge is 0.494 e. The Bertz CT molecular complexity index is 325. The predicted octanol–water partition coefficient (Wildman–Crippen LogP) is 2.36. The quantitative estimate of drug-likeness (QED) is 0.829. The molecule has 0 saturated carbocycles. The van der Waals surface area contributed by atoms with Crippen molar-refractivity contribution in [1.82, 2.24) is 0 Å². The van der Waals surface area contributed by atoms with E-state index in [2.05, 4.69) is 0 Å². The summed E-state index contributed by atoms with van der Waals surface area (Å²) >= 11 is 0. The van der Waals surface area contributed by atoms with E-state index in [0.717, 1.165) is 0 Å². The number of hydrogen-bond donors (Lipinski definition) is 1. The van der Waals surface area contributed by atoms with Crippen molar-refractivity contribution in [2.24, 2.45) is 11.7 Å². The SMILES string of the molecule is COc1cccc(CC(N)C(C)C)c1F. The number of methoxy groups -OCH3 is 1. The third-order valence-corrected chi connectivity index (χ3v) is 2.58. The summed E-state index contributed by atoms with van der Waals surface area (Å²) in [6.07, 6.45) is 0.542. The minimum atomic E-state index is -0.295. The lowest BCUT2D eigenvalue weighted by Gasteiger charge is -2.16. The van der Waals surface area contributed by atoms with Crippen molar-refractivity contribution in [2.75, 3.05) is 7.11 Å². The number of ether oxygens (including phenoxy) is 1. The summed E-state index contributed by atoms with van der Waals surface area (Å²) in [5.41, 5.74) is 6.52. The van der Waals surface area contributed by atoms with Crippen LogP contribution in [-0.2, 0) is 6.42 Å². The number of hydrogen-bond acceptors (Lipinski definition) is 2. The molecule has 0 aromatic heterocycles. The predicted molar refractivity (Wildman–Crippen MR) is 59.5 cm³/mol. The molecule has 1 rings (SSSR count). The second-order valence-corrected chi connectivity index (χ2v) is 4.05. The van der Waals surface area contributed by atoms with Crippen LogP contribution in [0.2, 0.25) is 0 Å². The first-order valence-corrected chi connectivity index (χ1v) is 5.13. The molecule has 0 aliphatic heterocycles. The van der Waals surface area contributed by atoms with Crippen LogP contribution < -0.4 is 10.5 Å². The first kappa shape index (κ1) is 12.0. The van der Waals surface area contributed by atoms with Crippen molar-refractivity contribution in [2.45, 2.75) is 26.3 Å². The van der Waals surface area contributed by atoms with Gasteiger partial charge in [-0.05, 0) is 24.0 Å². The van der Waals surface area contributed by atoms with Gasteiger partial charge in [-0.1, -0.05) is 26.0 Å². The molecule has 1 atom stereocenters. The van der Waals surface area contributed by atoms with Gasteiger partial charge in [-0.15, -0.1) is 0 Å². The Labute approximate surface area is 90.2 Å². The van der Waals surface area contributed by atoms with Gasteiger partial charge in [0.25, 0.3) is 0 Å². The molecule has 0 bridgehead atoms. The first-order valence-electron chi connectivity index (χ1n) is 5.13. The molecule has 0 aliphatic rings. The maximum Gasteiger partial charge on any atom is 0.168 e. The summed E-state index contributed by atoms with van der Waals surface area (Å²) in [4.78, 5) is 0. The normalized spacial score (nSPS) is 12.9. The highest BCUT2D eigenvalue weighted by Gasteiger charge is 2.13. The molecule has 0 saturated heterocycles. The van der Waals surface area contributed by atoms with Gasteiger partial charge in [0.1, 0.15) is 0 Å². The smallest absolute Gasteiger partial charge is 0.168 e. The number of benzene rings is 1. The third-order valence-electron chi connectivity index (χ3n) is 2.58. The van der Waals surface area contributed by atoms with Gasteiger partial charge in [0.15, 0.2) is 11.6 Å². The lowest BCUT2D eigenvalue weighted by atomic mass is 9.97. The Morgan fingerprint density at radius 2 is 2.07 bits per heavy atom. The molecule has 0 heterocycles. The molecule has 1 unspecified atom stereocenters. The average Bonchev–Trinajstić information content (AvgIpc) is 2.21. The van der Waals surface area contributed by atoms with E-state index in [1.807, 2.05) is 13.8 Å². The summed E-state index contributed by atoms with van der Waals surface area (Å²) in [5.74, 6) is 0.329. The second kappa shape index (κ2) is 5.12. The topological polar surface area (TPSA) is 35.2 Å². The molecule has 2 nitrogen and oxygen atoms in total. The van der Waals surface area contributed by atoms with Gasteiger partial charge in [-0.2, -0.15) is 0 Å². The number of nitrogens with two attached hydrogens (primary N) is 1. The van der Waals surface area contributed by atoms with E-state index in [0.29, 0.717) is 17.9 Å². The zero-order chi connectivity index (χ0) is 11.4. The molecule has 0 radical (unpaired) electrons. The van der Waals surface area contributed by atoms with E-state index in [9.17, 15) is 4.39 Å². The van der Waals surface area contributed by atoms with Crippen molar-refractivity contribution in [1.29, 1.82) is 0 Å². The summed E-state index contributed by atoms with van der Waals surface area (Å²) in [7, 11) is 1.46. The van der Waals surface area contributed by atoms with Crippen LogP contribution in [0.15, 0.2) is 18.2 Å². The van der Waals surface area contributed by atoms with Crippen molar-refractivity contribution < 1.29 is 9.13 Å². The molecular formula is C12H18FNO. The van der Waals surface area contributed by atoms with Gasteiger partial charge in [-0.25, -0.2) is 4.39 Å². The molecule has 0 aliphatic carbocycles. The zero-order valence-corrected chi connectivity index (χ0v) is 9.46. The Morgan fingerprint density at radius 3 is 2.60 bits per heavy atom. The second-order valence-electron chi connectivity index (χ2n) is 4.05. The molecule has 0 spiro atoms. The van der Waals surface area contributed by atoms with Crippen molar-refractivity contribution >= 4 is 0 Å². The molecule has 1 aromatic carbocycles. The Morgan fingerprint density at radius 1 is 1.40 bits per heavy atom. The van der Waals surface area contributed by atoms with Crippen molar-refractivity contribution in [3.8, 4) is 5.75 Å². The maximum atomic E-state index is 13.7. The minimum Gasteiger partial charge on any atom is -0.494 e. The van der Waals surface area contributed by atoms with Gasteiger partial charge in [-0.3, -0.25) is 0 Å². The highest BCUT2D eigenvalue weighted by atomic mass is 19.1. The zero-order valence-electron chi connectivity index (χ0n) is 9.46. The van der Waals surface area contributed by atoms with Gasteiger partial charge >= 0.3 is 0 Å². The van der Waals surface area contributed by atoms with Crippen LogP contribution in [0.25, 0.3) is 0 Å². The fraction of sp³-hybridized carbons (Fsp3) is 0.500. The van der Waals surface area contributed by atoms with E-state index in [1.165, 1.54) is 7.11 Å². The van der Waals surface area contributed by atoms with E-state index in [4.69, 9.17) is 10.5 Å². The highest BCUT2D eigenvalue weighted by Crippen LogP contribution is 2.21. The van der Waals surface area contributed by atoms with Crippen LogP contribution in [0.4, 0.5) is 4.39 Å². The molecule has 15 heavy (non-hydrogen) atoms. The summed E-state index contributed by atoms with van der Waals surface area (Å²) < 4.78 is 18.6. The molecule has 2 N–H and O–H groups in total. The standard InChI is InChI=1S/C12H18FNO/c1-8(2)10(14)7-9-5-4-6-11(15-3)12(9)13/h4-6,8,10H,7,14H2,1-3H3. The number of halogens is 1. The average molecular weight is 211 g/mol. The van der Waals surface area contributed by atoms with Crippen molar-refractivity contribution in [3.05, 3.63) is 29.6 Å². The van der Waals surface area contributed by atoms with Crippen LogP contribution >= 0.6 is 0 Å². The van der Waals surface area contributed by atoms with Crippen LogP contribution in [0, 0.1) is 11.7 Å². The molecule has 84 valence electrons. The Kier molecular flexibility index (Phi) is 4.09. The van der Waals surface area contributed by atoms with Gasteiger partial charge in [0, 0.05) is 6.04 Å². The van der Waals surface area contributed by atoms with E-state index in [-0.39, 0.29) is 17.6 Å². The van der Waals surface area contributed by atoms with Crippen molar-refractivity contribution in [3.63, 3.8) is 0 Å². The third kappa shape index (κ3) is 2.93. The van der Waals surface area contributed by atoms with Gasteiger partial charge in [0.2, 0.25) is 0 Å². The minimum absolute atomic E-state index is 0.0217. The Hall–Kier alpha value is -1.09. The van der Waals surface area contributed by atoms with Crippen LogP contribution in [0.5, 0.6) is 5.75 Å². The lowest BCUT2D eigenvalue weighted by molar-refractivity contribution is 0.381.